The Morgan fingerprint density at radius 3 is 2.15 bits per heavy atom. The normalized spacial score (nSPS) is 12.0. The van der Waals surface area contributed by atoms with E-state index in [1.54, 1.807) is 37.3 Å². The van der Waals surface area contributed by atoms with Gasteiger partial charge < -0.3 is 0 Å². The van der Waals surface area contributed by atoms with E-state index in [0.717, 1.165) is 11.3 Å². The molecule has 0 radical (unpaired) electrons. The monoisotopic (exact) mass is 476 g/mol. The van der Waals surface area contributed by atoms with Gasteiger partial charge in [-0.15, -0.1) is 0 Å². The van der Waals surface area contributed by atoms with Crippen LogP contribution in [0.1, 0.15) is 37.6 Å². The second-order valence-electron chi connectivity index (χ2n) is 8.60. The van der Waals surface area contributed by atoms with Gasteiger partial charge in [-0.25, -0.2) is 18.1 Å². The summed E-state index contributed by atoms with van der Waals surface area (Å²) in [6.45, 7) is 7.94. The Morgan fingerprint density at radius 2 is 1.59 bits per heavy atom. The van der Waals surface area contributed by atoms with E-state index in [1.165, 1.54) is 21.3 Å². The Bertz CT molecular complexity index is 1440. The fraction of sp³-hybridized carbons (Fsp3) is 0.231. The molecule has 0 bridgehead atoms. The van der Waals surface area contributed by atoms with Crippen molar-refractivity contribution in [2.45, 2.75) is 38.0 Å². The fourth-order valence-corrected chi connectivity index (χ4v) is 5.73. The summed E-state index contributed by atoms with van der Waals surface area (Å²) in [5.74, 6) is 0.324. The second-order valence-corrected chi connectivity index (χ2v) is 10.5. The van der Waals surface area contributed by atoms with E-state index in [4.69, 9.17) is 0 Å². The lowest BCUT2D eigenvalue weighted by Crippen LogP contribution is -2.31. The number of H-pyrrole nitrogens is 1. The van der Waals surface area contributed by atoms with Crippen molar-refractivity contribution in [3.63, 3.8) is 0 Å². The molecule has 0 aliphatic rings. The molecule has 0 amide bonds. The minimum Gasteiger partial charge on any atom is -0.294 e. The number of nitrogens with zero attached hydrogens (tertiary/aromatic N) is 3. The molecule has 2 aromatic carbocycles. The second kappa shape index (κ2) is 8.95. The topological polar surface area (TPSA) is 88.1 Å². The van der Waals surface area contributed by atoms with E-state index >= 15 is 0 Å². The highest BCUT2D eigenvalue weighted by molar-refractivity contribution is 7.92. The molecule has 8 heteroatoms. The van der Waals surface area contributed by atoms with E-state index in [2.05, 4.69) is 10.1 Å². The van der Waals surface area contributed by atoms with Crippen molar-refractivity contribution in [3.8, 4) is 5.82 Å². The summed E-state index contributed by atoms with van der Waals surface area (Å²) in [5.41, 5.74) is 2.24. The van der Waals surface area contributed by atoms with Crippen molar-refractivity contribution in [3.05, 3.63) is 106 Å². The fourth-order valence-electron chi connectivity index (χ4n) is 4.31. The van der Waals surface area contributed by atoms with E-state index in [-0.39, 0.29) is 17.0 Å². The third kappa shape index (κ3) is 4.05. The number of hydrogen-bond acceptors (Lipinski definition) is 4. The summed E-state index contributed by atoms with van der Waals surface area (Å²) >= 11 is 0. The number of anilines is 1. The van der Waals surface area contributed by atoms with Crippen molar-refractivity contribution in [2.75, 3.05) is 10.8 Å². The number of benzene rings is 2. The quantitative estimate of drug-likeness (QED) is 0.428. The van der Waals surface area contributed by atoms with Crippen LogP contribution in [0, 0.1) is 6.92 Å². The number of aryl methyl sites for hydroxylation is 1. The van der Waals surface area contributed by atoms with E-state index in [1.807, 2.05) is 57.2 Å². The van der Waals surface area contributed by atoms with Crippen molar-refractivity contribution in [1.29, 1.82) is 0 Å². The molecule has 7 nitrogen and oxygen atoms in total. The number of aromatic nitrogens is 3. The van der Waals surface area contributed by atoms with Crippen molar-refractivity contribution >= 4 is 15.7 Å². The molecular formula is C26H28N4O3S. The van der Waals surface area contributed by atoms with Crippen LogP contribution in [0.5, 0.6) is 0 Å². The maximum Gasteiger partial charge on any atom is 0.276 e. The molecule has 4 aromatic rings. The number of para-hydroxylation sites is 1. The first-order valence-electron chi connectivity index (χ1n) is 11.1. The van der Waals surface area contributed by atoms with E-state index in [9.17, 15) is 13.2 Å². The molecule has 34 heavy (non-hydrogen) atoms. The van der Waals surface area contributed by atoms with Crippen LogP contribution in [0.15, 0.2) is 88.7 Å². The number of aromatic amines is 1. The molecule has 0 spiro atoms. The zero-order valence-electron chi connectivity index (χ0n) is 19.7. The largest absolute Gasteiger partial charge is 0.294 e. The Morgan fingerprint density at radius 1 is 0.971 bits per heavy atom. The van der Waals surface area contributed by atoms with Gasteiger partial charge in [0, 0.05) is 29.4 Å². The highest BCUT2D eigenvalue weighted by Gasteiger charge is 2.31. The Hall–Kier alpha value is -3.65. The predicted octanol–water partition coefficient (Wildman–Crippen LogP) is 4.41. The number of rotatable bonds is 7. The van der Waals surface area contributed by atoms with Crippen LogP contribution in [0.25, 0.3) is 5.82 Å². The maximum absolute atomic E-state index is 13.4. The van der Waals surface area contributed by atoms with Gasteiger partial charge in [-0.05, 0) is 43.7 Å². The number of pyridine rings is 1. The van der Waals surface area contributed by atoms with Crippen molar-refractivity contribution < 1.29 is 8.42 Å². The summed E-state index contributed by atoms with van der Waals surface area (Å²) in [7, 11) is -3.80. The summed E-state index contributed by atoms with van der Waals surface area (Å²) in [6.07, 6.45) is 1.29. The van der Waals surface area contributed by atoms with Crippen molar-refractivity contribution in [1.82, 2.24) is 14.8 Å². The van der Waals surface area contributed by atoms with Gasteiger partial charge in [-0.1, -0.05) is 62.4 Å². The molecule has 176 valence electrons. The lowest BCUT2D eigenvalue weighted by molar-refractivity contribution is 0.591. The van der Waals surface area contributed by atoms with Gasteiger partial charge in [-0.3, -0.25) is 14.2 Å². The van der Waals surface area contributed by atoms with Crippen LogP contribution < -0.4 is 9.86 Å². The third-order valence-corrected chi connectivity index (χ3v) is 7.95. The molecule has 0 aliphatic heterocycles. The highest BCUT2D eigenvalue weighted by atomic mass is 32.2. The molecule has 0 fully saturated rings. The Balaban J connectivity index is 1.71. The van der Waals surface area contributed by atoms with Crippen LogP contribution in [0.4, 0.5) is 5.69 Å². The number of nitrogens with one attached hydrogen (secondary N) is 1. The minimum absolute atomic E-state index is 0.0584. The smallest absolute Gasteiger partial charge is 0.276 e. The molecule has 4 rings (SSSR count). The molecule has 2 aromatic heterocycles. The average molecular weight is 477 g/mol. The molecular weight excluding hydrogens is 448 g/mol. The Labute approximate surface area is 199 Å². The van der Waals surface area contributed by atoms with Gasteiger partial charge in [0.1, 0.15) is 4.90 Å². The SMILES string of the molecule is CCN(c1ccccc1)S(=O)(=O)c1ccc(-n2[nH]c(C)c(C(C)(C)c3ccccc3)c2=O)nc1. The predicted molar refractivity (Wildman–Crippen MR) is 134 cm³/mol. The zero-order chi connectivity index (χ0) is 24.5. The molecule has 1 N–H and O–H groups in total. The van der Waals surface area contributed by atoms with E-state index < -0.39 is 15.4 Å². The van der Waals surface area contributed by atoms with Crippen LogP contribution in [0.3, 0.4) is 0 Å². The lowest BCUT2D eigenvalue weighted by Gasteiger charge is -2.24. The molecule has 0 saturated heterocycles. The Kier molecular flexibility index (Phi) is 6.18. The molecule has 0 unspecified atom stereocenters. The third-order valence-electron chi connectivity index (χ3n) is 6.06. The van der Waals surface area contributed by atoms with Gasteiger partial charge >= 0.3 is 0 Å². The first-order chi connectivity index (χ1) is 16.2. The van der Waals surface area contributed by atoms with Crippen LogP contribution in [-0.2, 0) is 15.4 Å². The average Bonchev–Trinajstić information content (AvgIpc) is 3.15. The van der Waals surface area contributed by atoms with Gasteiger partial charge in [0.05, 0.1) is 5.69 Å². The van der Waals surface area contributed by atoms with Gasteiger partial charge in [0.2, 0.25) is 0 Å². The first-order valence-corrected chi connectivity index (χ1v) is 12.5. The number of sulfonamides is 1. The van der Waals surface area contributed by atoms with Crippen LogP contribution in [0.2, 0.25) is 0 Å². The van der Waals surface area contributed by atoms with Crippen LogP contribution in [-0.4, -0.2) is 29.7 Å². The zero-order valence-corrected chi connectivity index (χ0v) is 20.5. The van der Waals surface area contributed by atoms with Gasteiger partial charge in [-0.2, -0.15) is 0 Å². The number of hydrogen-bond donors (Lipinski definition) is 1. The molecule has 2 heterocycles. The van der Waals surface area contributed by atoms with Crippen LogP contribution >= 0.6 is 0 Å². The van der Waals surface area contributed by atoms with Gasteiger partial charge in [0.15, 0.2) is 5.82 Å². The molecule has 0 atom stereocenters. The molecule has 0 saturated carbocycles. The summed E-state index contributed by atoms with van der Waals surface area (Å²) < 4.78 is 29.2. The van der Waals surface area contributed by atoms with Gasteiger partial charge in [0.25, 0.3) is 15.6 Å². The van der Waals surface area contributed by atoms with E-state index in [0.29, 0.717) is 17.1 Å². The standard InChI is InChI=1S/C26H28N4O3S/c1-5-29(21-14-10-7-11-15-21)34(32,33)22-16-17-23(27-18-22)30-25(31)24(19(2)28-30)26(3,4)20-12-8-6-9-13-20/h6-18,28H,5H2,1-4H3. The maximum atomic E-state index is 13.4. The first kappa shape index (κ1) is 23.5. The molecule has 0 aliphatic carbocycles. The lowest BCUT2D eigenvalue weighted by atomic mass is 9.78. The highest BCUT2D eigenvalue weighted by Crippen LogP contribution is 2.31. The summed E-state index contributed by atoms with van der Waals surface area (Å²) in [6, 6.07) is 21.8. The minimum atomic E-state index is -3.80. The summed E-state index contributed by atoms with van der Waals surface area (Å²) in [4.78, 5) is 17.8. The summed E-state index contributed by atoms with van der Waals surface area (Å²) in [5, 5.41) is 3.10. The van der Waals surface area contributed by atoms with Crippen molar-refractivity contribution in [2.24, 2.45) is 0 Å².